The maximum atomic E-state index is 13.0. The molecule has 0 amide bonds. The van der Waals surface area contributed by atoms with Crippen LogP contribution < -0.4 is 4.90 Å². The van der Waals surface area contributed by atoms with Crippen molar-refractivity contribution in [3.63, 3.8) is 0 Å². The highest BCUT2D eigenvalue weighted by Gasteiger charge is 2.38. The molecule has 1 aliphatic heterocycles. The molecule has 1 saturated heterocycles. The molecule has 0 bridgehead atoms. The fourth-order valence-electron chi connectivity index (χ4n) is 3.43. The van der Waals surface area contributed by atoms with Gasteiger partial charge in [-0.25, -0.2) is 0 Å². The Morgan fingerprint density at radius 2 is 2.09 bits per heavy atom. The topological polar surface area (TPSA) is 46.3 Å². The summed E-state index contributed by atoms with van der Waals surface area (Å²) in [4.78, 5) is 2.12. The van der Waals surface area contributed by atoms with E-state index in [2.05, 4.69) is 34.0 Å². The smallest absolute Gasteiger partial charge is 0.352 e. The number of halogens is 3. The van der Waals surface area contributed by atoms with Gasteiger partial charge in [0.25, 0.3) is 5.82 Å². The van der Waals surface area contributed by atoms with Crippen LogP contribution in [0.15, 0.2) is 12.1 Å². The molecule has 1 fully saturated rings. The maximum absolute atomic E-state index is 13.0. The second-order valence-corrected chi connectivity index (χ2v) is 6.15. The lowest BCUT2D eigenvalue weighted by Gasteiger charge is -2.30. The van der Waals surface area contributed by atoms with E-state index in [0.29, 0.717) is 17.8 Å². The van der Waals surface area contributed by atoms with Crippen molar-refractivity contribution in [1.82, 2.24) is 19.8 Å². The molecule has 0 saturated carbocycles. The van der Waals surface area contributed by atoms with Crippen LogP contribution in [-0.2, 0) is 6.18 Å². The summed E-state index contributed by atoms with van der Waals surface area (Å²) in [5, 5.41) is 10.9. The lowest BCUT2D eigenvalue weighted by Crippen LogP contribution is -2.35. The maximum Gasteiger partial charge on any atom is 0.453 e. The Balaban J connectivity index is 1.96. The summed E-state index contributed by atoms with van der Waals surface area (Å²) in [5.74, 6) is -0.0250. The van der Waals surface area contributed by atoms with Crippen LogP contribution in [0.25, 0.3) is 5.65 Å². The van der Waals surface area contributed by atoms with Crippen molar-refractivity contribution < 1.29 is 13.2 Å². The van der Waals surface area contributed by atoms with Gasteiger partial charge in [-0.05, 0) is 37.3 Å². The predicted molar refractivity (Wildman–Crippen MR) is 80.2 cm³/mol. The number of aromatic nitrogens is 4. The number of rotatable bonds is 4. The highest BCUT2D eigenvalue weighted by Crippen LogP contribution is 2.32. The van der Waals surface area contributed by atoms with E-state index in [9.17, 15) is 13.2 Å². The van der Waals surface area contributed by atoms with Crippen molar-refractivity contribution in [3.05, 3.63) is 18.0 Å². The summed E-state index contributed by atoms with van der Waals surface area (Å²) in [6.45, 7) is 5.17. The second kappa shape index (κ2) is 5.98. The molecule has 1 aliphatic rings. The first-order valence-electron chi connectivity index (χ1n) is 7.98. The molecule has 0 N–H and O–H groups in total. The minimum Gasteiger partial charge on any atom is -0.352 e. The first-order chi connectivity index (χ1) is 10.9. The van der Waals surface area contributed by atoms with Crippen LogP contribution >= 0.6 is 0 Å². The van der Waals surface area contributed by atoms with Crippen molar-refractivity contribution in [3.8, 4) is 0 Å². The van der Waals surface area contributed by atoms with Crippen LogP contribution in [0.4, 0.5) is 19.0 Å². The zero-order valence-electron chi connectivity index (χ0n) is 13.2. The summed E-state index contributed by atoms with van der Waals surface area (Å²) < 4.78 is 39.8. The molecule has 2 unspecified atom stereocenters. The summed E-state index contributed by atoms with van der Waals surface area (Å²) in [5.41, 5.74) is 0.110. The first-order valence-corrected chi connectivity index (χ1v) is 7.98. The zero-order chi connectivity index (χ0) is 16.6. The minimum absolute atomic E-state index is 0.110. The van der Waals surface area contributed by atoms with E-state index in [1.807, 2.05) is 0 Å². The van der Waals surface area contributed by atoms with E-state index in [-0.39, 0.29) is 5.65 Å². The third-order valence-electron chi connectivity index (χ3n) is 4.50. The van der Waals surface area contributed by atoms with Crippen LogP contribution in [-0.4, -0.2) is 32.4 Å². The van der Waals surface area contributed by atoms with Crippen LogP contribution in [0.1, 0.15) is 45.4 Å². The van der Waals surface area contributed by atoms with Gasteiger partial charge in [-0.3, -0.25) is 0 Å². The standard InChI is InChI=1S/C15H20F3N5/c1-3-5-10(2)11-6-4-9-22(11)13-8-7-12-19-20-14(15(16,17)18)23(12)21-13/h7-8,10-11H,3-6,9H2,1-2H3. The van der Waals surface area contributed by atoms with Gasteiger partial charge in [0.2, 0.25) is 0 Å². The molecule has 0 aromatic carbocycles. The average Bonchev–Trinajstić information content (AvgIpc) is 3.12. The molecule has 0 radical (unpaired) electrons. The normalized spacial score (nSPS) is 20.4. The van der Waals surface area contributed by atoms with E-state index >= 15 is 0 Å². The van der Waals surface area contributed by atoms with E-state index in [4.69, 9.17) is 0 Å². The average molecular weight is 327 g/mol. The van der Waals surface area contributed by atoms with Gasteiger partial charge in [0.05, 0.1) is 0 Å². The molecule has 2 aromatic heterocycles. The number of hydrogen-bond acceptors (Lipinski definition) is 4. The van der Waals surface area contributed by atoms with Gasteiger partial charge >= 0.3 is 6.18 Å². The quantitative estimate of drug-likeness (QED) is 0.861. The number of alkyl halides is 3. The molecule has 126 valence electrons. The predicted octanol–water partition coefficient (Wildman–Crippen LogP) is 3.55. The molecule has 3 rings (SSSR count). The minimum atomic E-state index is -4.56. The Morgan fingerprint density at radius 1 is 1.30 bits per heavy atom. The number of hydrogen-bond donors (Lipinski definition) is 0. The van der Waals surface area contributed by atoms with Crippen LogP contribution in [0.2, 0.25) is 0 Å². The van der Waals surface area contributed by atoms with E-state index < -0.39 is 12.0 Å². The van der Waals surface area contributed by atoms with Gasteiger partial charge < -0.3 is 4.90 Å². The molecule has 5 nitrogen and oxygen atoms in total. The Kier molecular flexibility index (Phi) is 4.16. The van der Waals surface area contributed by atoms with Crippen LogP contribution in [0.5, 0.6) is 0 Å². The number of anilines is 1. The zero-order valence-corrected chi connectivity index (χ0v) is 13.2. The summed E-state index contributed by atoms with van der Waals surface area (Å²) in [6.07, 6.45) is -0.279. The lowest BCUT2D eigenvalue weighted by molar-refractivity contribution is -0.146. The summed E-state index contributed by atoms with van der Waals surface area (Å²) in [6, 6.07) is 3.61. The molecule has 3 heterocycles. The van der Waals surface area contributed by atoms with E-state index in [0.717, 1.165) is 36.7 Å². The van der Waals surface area contributed by atoms with Crippen molar-refractivity contribution in [2.75, 3.05) is 11.4 Å². The van der Waals surface area contributed by atoms with Gasteiger partial charge in [-0.1, -0.05) is 20.3 Å². The summed E-state index contributed by atoms with van der Waals surface area (Å²) >= 11 is 0. The molecule has 2 aromatic rings. The highest BCUT2D eigenvalue weighted by molar-refractivity contribution is 5.47. The third-order valence-corrected chi connectivity index (χ3v) is 4.50. The van der Waals surface area contributed by atoms with Crippen molar-refractivity contribution >= 4 is 11.5 Å². The van der Waals surface area contributed by atoms with Crippen LogP contribution in [0.3, 0.4) is 0 Å². The molecule has 0 aliphatic carbocycles. The largest absolute Gasteiger partial charge is 0.453 e. The second-order valence-electron chi connectivity index (χ2n) is 6.15. The third kappa shape index (κ3) is 2.98. The highest BCUT2D eigenvalue weighted by atomic mass is 19.4. The van der Waals surface area contributed by atoms with Gasteiger partial charge in [-0.2, -0.15) is 17.7 Å². The fraction of sp³-hybridized carbons (Fsp3) is 0.667. The van der Waals surface area contributed by atoms with Gasteiger partial charge in [0.15, 0.2) is 5.65 Å². The van der Waals surface area contributed by atoms with Gasteiger partial charge in [-0.15, -0.1) is 15.3 Å². The van der Waals surface area contributed by atoms with Crippen molar-refractivity contribution in [2.45, 2.75) is 51.7 Å². The Labute approximate surface area is 132 Å². The Morgan fingerprint density at radius 3 is 2.78 bits per heavy atom. The van der Waals surface area contributed by atoms with Crippen LogP contribution in [0, 0.1) is 5.92 Å². The van der Waals surface area contributed by atoms with Gasteiger partial charge in [0, 0.05) is 12.6 Å². The Bertz CT molecular complexity index is 681. The van der Waals surface area contributed by atoms with E-state index in [1.54, 1.807) is 12.1 Å². The molecule has 2 atom stereocenters. The molecular weight excluding hydrogens is 307 g/mol. The fourth-order valence-corrected chi connectivity index (χ4v) is 3.43. The van der Waals surface area contributed by atoms with Crippen molar-refractivity contribution in [2.24, 2.45) is 5.92 Å². The lowest BCUT2D eigenvalue weighted by atomic mass is 9.95. The number of fused-ring (bicyclic) bond motifs is 1. The molecule has 8 heteroatoms. The molecule has 0 spiro atoms. The number of nitrogens with zero attached hydrogens (tertiary/aromatic N) is 5. The summed E-state index contributed by atoms with van der Waals surface area (Å²) in [7, 11) is 0. The monoisotopic (exact) mass is 327 g/mol. The van der Waals surface area contributed by atoms with E-state index in [1.165, 1.54) is 0 Å². The molecule has 23 heavy (non-hydrogen) atoms. The van der Waals surface area contributed by atoms with Gasteiger partial charge in [0.1, 0.15) is 5.82 Å². The first kappa shape index (κ1) is 16.0. The SMILES string of the molecule is CCCC(C)C1CCCN1c1ccc2nnc(C(F)(F)F)n2n1. The molecular formula is C15H20F3N5. The Hall–Kier alpha value is -1.86. The van der Waals surface area contributed by atoms with Crippen molar-refractivity contribution in [1.29, 1.82) is 0 Å².